The van der Waals surface area contributed by atoms with Crippen molar-refractivity contribution in [2.24, 2.45) is 0 Å². The number of carbonyl (C=O) groups is 2. The van der Waals surface area contributed by atoms with E-state index in [4.69, 9.17) is 11.5 Å². The molecule has 1 amide bonds. The Bertz CT molecular complexity index is 539. The van der Waals surface area contributed by atoms with Gasteiger partial charge in [-0.15, -0.1) is 6.42 Å². The van der Waals surface area contributed by atoms with E-state index in [0.29, 0.717) is 0 Å². The first-order valence-corrected chi connectivity index (χ1v) is 5.43. The van der Waals surface area contributed by atoms with Gasteiger partial charge in [0.05, 0.1) is 6.54 Å². The second kappa shape index (κ2) is 7.09. The third-order valence-electron chi connectivity index (χ3n) is 2.20. The Morgan fingerprint density at radius 3 is 2.70 bits per heavy atom. The summed E-state index contributed by atoms with van der Waals surface area (Å²) in [6.45, 7) is -3.80. The Morgan fingerprint density at radius 1 is 1.45 bits per heavy atom. The molecular formula is C13H11F2NO4. The minimum Gasteiger partial charge on any atom is -0.480 e. The summed E-state index contributed by atoms with van der Waals surface area (Å²) in [5, 5.41) is 8.69. The molecule has 0 aliphatic rings. The third-order valence-corrected chi connectivity index (χ3v) is 2.20. The summed E-state index contributed by atoms with van der Waals surface area (Å²) in [6, 6.07) is 5.05. The number of carboxylic acid groups (broad SMARTS) is 1. The molecule has 5 nitrogen and oxygen atoms in total. The average molecular weight is 283 g/mol. The van der Waals surface area contributed by atoms with Gasteiger partial charge in [-0.3, -0.25) is 9.59 Å². The van der Waals surface area contributed by atoms with Gasteiger partial charge in [0, 0.05) is 5.56 Å². The monoisotopic (exact) mass is 283 g/mol. The van der Waals surface area contributed by atoms with E-state index in [1.807, 2.05) is 0 Å². The number of carbonyl (C=O) groups excluding carboxylic acids is 1. The number of terminal acetylenes is 1. The predicted octanol–water partition coefficient (Wildman–Crippen LogP) is 1.45. The zero-order chi connectivity index (χ0) is 15.1. The number of hydrogen-bond donors (Lipinski definition) is 1. The topological polar surface area (TPSA) is 66.8 Å². The van der Waals surface area contributed by atoms with Crippen LogP contribution in [-0.4, -0.2) is 41.6 Å². The standard InChI is InChI=1S/C13H11F2NO4/c1-2-6-16(8-11(17)18)12(19)9-4-3-5-10(7-9)20-13(14)15/h1,3-5,7,13H,6,8H2,(H,17,18). The van der Waals surface area contributed by atoms with Crippen molar-refractivity contribution in [3.05, 3.63) is 29.8 Å². The number of alkyl halides is 2. The number of benzene rings is 1. The molecule has 0 aliphatic heterocycles. The summed E-state index contributed by atoms with van der Waals surface area (Å²) in [4.78, 5) is 23.6. The Morgan fingerprint density at radius 2 is 2.15 bits per heavy atom. The SMILES string of the molecule is C#CCN(CC(=O)O)C(=O)c1cccc(OC(F)F)c1. The van der Waals surface area contributed by atoms with Crippen LogP contribution in [0.5, 0.6) is 5.75 Å². The van der Waals surface area contributed by atoms with Crippen LogP contribution in [0.15, 0.2) is 24.3 Å². The van der Waals surface area contributed by atoms with Crippen LogP contribution in [0.1, 0.15) is 10.4 Å². The van der Waals surface area contributed by atoms with Crippen LogP contribution < -0.4 is 4.74 Å². The highest BCUT2D eigenvalue weighted by Crippen LogP contribution is 2.17. The fourth-order valence-electron chi connectivity index (χ4n) is 1.46. The molecule has 0 unspecified atom stereocenters. The third kappa shape index (κ3) is 4.57. The van der Waals surface area contributed by atoms with E-state index in [9.17, 15) is 18.4 Å². The quantitative estimate of drug-likeness (QED) is 0.802. The van der Waals surface area contributed by atoms with E-state index in [1.54, 1.807) is 0 Å². The Hall–Kier alpha value is -2.62. The largest absolute Gasteiger partial charge is 0.480 e. The molecule has 0 bridgehead atoms. The first kappa shape index (κ1) is 15.4. The lowest BCUT2D eigenvalue weighted by Crippen LogP contribution is -2.36. The van der Waals surface area contributed by atoms with Crippen molar-refractivity contribution in [1.29, 1.82) is 0 Å². The number of hydrogen-bond acceptors (Lipinski definition) is 3. The number of nitrogens with zero attached hydrogens (tertiary/aromatic N) is 1. The van der Waals surface area contributed by atoms with Crippen LogP contribution in [-0.2, 0) is 4.79 Å². The number of halogens is 2. The first-order chi connectivity index (χ1) is 9.43. The van der Waals surface area contributed by atoms with Crippen molar-refractivity contribution >= 4 is 11.9 Å². The fraction of sp³-hybridized carbons (Fsp3) is 0.231. The summed E-state index contributed by atoms with van der Waals surface area (Å²) in [5.74, 6) is 0.0644. The molecule has 0 atom stereocenters. The van der Waals surface area contributed by atoms with E-state index in [1.165, 1.54) is 18.2 Å². The molecule has 0 radical (unpaired) electrons. The van der Waals surface area contributed by atoms with Crippen LogP contribution >= 0.6 is 0 Å². The molecule has 7 heteroatoms. The molecular weight excluding hydrogens is 272 g/mol. The van der Waals surface area contributed by atoms with Gasteiger partial charge in [0.2, 0.25) is 0 Å². The summed E-state index contributed by atoms with van der Waals surface area (Å²) in [6.07, 6.45) is 5.06. The van der Waals surface area contributed by atoms with Gasteiger partial charge in [-0.05, 0) is 18.2 Å². The van der Waals surface area contributed by atoms with Gasteiger partial charge < -0.3 is 14.7 Å². The van der Waals surface area contributed by atoms with Crippen molar-refractivity contribution in [3.8, 4) is 18.1 Å². The Labute approximate surface area is 113 Å². The maximum absolute atomic E-state index is 12.1. The molecule has 106 valence electrons. The van der Waals surface area contributed by atoms with Crippen LogP contribution in [0.2, 0.25) is 0 Å². The lowest BCUT2D eigenvalue weighted by molar-refractivity contribution is -0.137. The van der Waals surface area contributed by atoms with Crippen LogP contribution in [0, 0.1) is 12.3 Å². The summed E-state index contributed by atoms with van der Waals surface area (Å²) >= 11 is 0. The first-order valence-electron chi connectivity index (χ1n) is 5.43. The molecule has 0 aliphatic carbocycles. The van der Waals surface area contributed by atoms with Gasteiger partial charge >= 0.3 is 12.6 Å². The van der Waals surface area contributed by atoms with Crippen molar-refractivity contribution in [2.45, 2.75) is 6.61 Å². The summed E-state index contributed by atoms with van der Waals surface area (Å²) in [7, 11) is 0. The zero-order valence-electron chi connectivity index (χ0n) is 10.3. The molecule has 0 spiro atoms. The molecule has 0 heterocycles. The predicted molar refractivity (Wildman–Crippen MR) is 65.4 cm³/mol. The van der Waals surface area contributed by atoms with Gasteiger partial charge in [-0.25, -0.2) is 0 Å². The molecule has 1 rings (SSSR count). The highest BCUT2D eigenvalue weighted by Gasteiger charge is 2.18. The van der Waals surface area contributed by atoms with Crippen LogP contribution in [0.3, 0.4) is 0 Å². The van der Waals surface area contributed by atoms with E-state index in [2.05, 4.69) is 10.7 Å². The van der Waals surface area contributed by atoms with Crippen molar-refractivity contribution < 1.29 is 28.2 Å². The minimum absolute atomic E-state index is 0.0136. The Balaban J connectivity index is 2.94. The molecule has 1 aromatic carbocycles. The summed E-state index contributed by atoms with van der Waals surface area (Å²) < 4.78 is 28.3. The average Bonchev–Trinajstić information content (AvgIpc) is 2.36. The number of ether oxygens (including phenoxy) is 1. The molecule has 0 fully saturated rings. The van der Waals surface area contributed by atoms with E-state index in [-0.39, 0.29) is 17.9 Å². The van der Waals surface area contributed by atoms with Crippen molar-refractivity contribution in [2.75, 3.05) is 13.1 Å². The van der Waals surface area contributed by atoms with Gasteiger partial charge in [0.1, 0.15) is 12.3 Å². The molecule has 0 saturated carbocycles. The second-order valence-corrected chi connectivity index (χ2v) is 3.67. The van der Waals surface area contributed by atoms with Gasteiger partial charge in [0.25, 0.3) is 5.91 Å². The Kier molecular flexibility index (Phi) is 5.47. The van der Waals surface area contributed by atoms with Gasteiger partial charge in [-0.1, -0.05) is 12.0 Å². The highest BCUT2D eigenvalue weighted by molar-refractivity contribution is 5.96. The lowest BCUT2D eigenvalue weighted by atomic mass is 10.2. The fourth-order valence-corrected chi connectivity index (χ4v) is 1.46. The normalized spacial score (nSPS) is 9.90. The van der Waals surface area contributed by atoms with E-state index in [0.717, 1.165) is 11.0 Å². The second-order valence-electron chi connectivity index (χ2n) is 3.67. The maximum atomic E-state index is 12.1. The zero-order valence-corrected chi connectivity index (χ0v) is 10.3. The van der Waals surface area contributed by atoms with Crippen molar-refractivity contribution in [1.82, 2.24) is 4.90 Å². The van der Waals surface area contributed by atoms with Gasteiger partial charge in [0.15, 0.2) is 0 Å². The molecule has 1 N–H and O–H groups in total. The molecule has 1 aromatic rings. The van der Waals surface area contributed by atoms with Crippen LogP contribution in [0.25, 0.3) is 0 Å². The molecule has 20 heavy (non-hydrogen) atoms. The van der Waals surface area contributed by atoms with Crippen molar-refractivity contribution in [3.63, 3.8) is 0 Å². The van der Waals surface area contributed by atoms with Gasteiger partial charge in [-0.2, -0.15) is 8.78 Å². The van der Waals surface area contributed by atoms with Crippen LogP contribution in [0.4, 0.5) is 8.78 Å². The smallest absolute Gasteiger partial charge is 0.387 e. The number of carboxylic acids is 1. The molecule has 0 saturated heterocycles. The summed E-state index contributed by atoms with van der Waals surface area (Å²) in [5.41, 5.74) is 0.0136. The number of aliphatic carboxylic acids is 1. The lowest BCUT2D eigenvalue weighted by Gasteiger charge is -2.18. The number of amides is 1. The number of rotatable bonds is 6. The van der Waals surface area contributed by atoms with E-state index >= 15 is 0 Å². The molecule has 0 aromatic heterocycles. The minimum atomic E-state index is -3.01. The maximum Gasteiger partial charge on any atom is 0.387 e. The van der Waals surface area contributed by atoms with E-state index < -0.39 is 25.0 Å². The highest BCUT2D eigenvalue weighted by atomic mass is 19.3.